The molecule has 1 heteroatoms. The second-order valence-electron chi connectivity index (χ2n) is 10.6. The van der Waals surface area contributed by atoms with E-state index in [4.69, 9.17) is 7.16 Å². The number of furan rings is 1. The van der Waals surface area contributed by atoms with Gasteiger partial charge in [0.15, 0.2) is 0 Å². The van der Waals surface area contributed by atoms with Crippen molar-refractivity contribution in [2.24, 2.45) is 0 Å². The van der Waals surface area contributed by atoms with Gasteiger partial charge >= 0.3 is 0 Å². The van der Waals surface area contributed by atoms with Crippen LogP contribution in [0, 0.1) is 0 Å². The summed E-state index contributed by atoms with van der Waals surface area (Å²) in [7, 11) is 0. The van der Waals surface area contributed by atoms with Gasteiger partial charge in [-0.2, -0.15) is 0 Å². The molecule has 9 aromatic rings. The van der Waals surface area contributed by atoms with Crippen LogP contribution < -0.4 is 0 Å². The average molecular weight is 524 g/mol. The normalized spacial score (nSPS) is 12.9. The molecule has 0 aliphatic carbocycles. The zero-order valence-corrected chi connectivity index (χ0v) is 22.0. The van der Waals surface area contributed by atoms with Gasteiger partial charge in [0.25, 0.3) is 0 Å². The lowest BCUT2D eigenvalue weighted by molar-refractivity contribution is 0.669. The molecule has 41 heavy (non-hydrogen) atoms. The average Bonchev–Trinajstić information content (AvgIpc) is 3.47. The maximum atomic E-state index is 9.40. The summed E-state index contributed by atoms with van der Waals surface area (Å²) in [6.07, 6.45) is 0. The standard InChI is InChI=1S/C40H24O/c1-3-14-27-25(11-1)13-9-20-29(27)37-30-16-5-7-18-32(30)38(33-19-8-6-17-31(33)37)34-21-10-22-35-40(34)39-28-15-4-2-12-26(28)23-24-36(39)41-35/h1-24H/i10D,21D,22D. The highest BCUT2D eigenvalue weighted by atomic mass is 16.3. The number of benzene rings is 8. The molecule has 1 aromatic heterocycles. The molecule has 0 aliphatic heterocycles. The van der Waals surface area contributed by atoms with Crippen molar-refractivity contribution in [2.75, 3.05) is 0 Å². The first kappa shape index (κ1) is 19.6. The zero-order valence-electron chi connectivity index (χ0n) is 25.0. The topological polar surface area (TPSA) is 13.1 Å². The highest BCUT2D eigenvalue weighted by molar-refractivity contribution is 6.29. The van der Waals surface area contributed by atoms with Gasteiger partial charge in [-0.15, -0.1) is 0 Å². The summed E-state index contributed by atoms with van der Waals surface area (Å²) in [5.41, 5.74) is 4.82. The number of hydrogen-bond donors (Lipinski definition) is 0. The molecule has 0 saturated heterocycles. The molecule has 0 amide bonds. The van der Waals surface area contributed by atoms with Crippen LogP contribution in [-0.2, 0) is 0 Å². The van der Waals surface area contributed by atoms with Crippen LogP contribution in [0.4, 0.5) is 0 Å². The summed E-state index contributed by atoms with van der Waals surface area (Å²) in [4.78, 5) is 0. The van der Waals surface area contributed by atoms with Gasteiger partial charge in [-0.05, 0) is 77.5 Å². The molecule has 0 saturated carbocycles. The Morgan fingerprint density at radius 3 is 1.61 bits per heavy atom. The molecule has 0 atom stereocenters. The van der Waals surface area contributed by atoms with Crippen LogP contribution in [0.25, 0.3) is 87.3 Å². The van der Waals surface area contributed by atoms with Gasteiger partial charge in [-0.3, -0.25) is 0 Å². The Bertz CT molecular complexity index is 2590. The molecule has 0 spiro atoms. The SMILES string of the molecule is [2H]c1c([2H])c(-c2c3ccccc3c(-c3cccc4ccccc34)c3ccccc23)c2c(oc3ccc4ccccc4c32)c1[2H]. The predicted molar refractivity (Wildman–Crippen MR) is 175 cm³/mol. The van der Waals surface area contributed by atoms with Crippen molar-refractivity contribution in [3.63, 3.8) is 0 Å². The third kappa shape index (κ3) is 3.18. The lowest BCUT2D eigenvalue weighted by Gasteiger charge is -2.19. The zero-order chi connectivity index (χ0) is 29.5. The van der Waals surface area contributed by atoms with Crippen molar-refractivity contribution in [3.05, 3.63) is 146 Å². The van der Waals surface area contributed by atoms with E-state index in [9.17, 15) is 1.37 Å². The van der Waals surface area contributed by atoms with Crippen molar-refractivity contribution in [2.45, 2.75) is 0 Å². The Balaban J connectivity index is 1.54. The summed E-state index contributed by atoms with van der Waals surface area (Å²) in [6.45, 7) is 0. The molecule has 0 fully saturated rings. The molecule has 0 aliphatic rings. The summed E-state index contributed by atoms with van der Waals surface area (Å²) >= 11 is 0. The largest absolute Gasteiger partial charge is 0.456 e. The monoisotopic (exact) mass is 523 g/mol. The van der Waals surface area contributed by atoms with Crippen molar-refractivity contribution in [1.82, 2.24) is 0 Å². The molecule has 1 nitrogen and oxygen atoms in total. The van der Waals surface area contributed by atoms with E-state index in [0.29, 0.717) is 16.7 Å². The van der Waals surface area contributed by atoms with Gasteiger partial charge in [0.2, 0.25) is 0 Å². The van der Waals surface area contributed by atoms with E-state index >= 15 is 0 Å². The van der Waals surface area contributed by atoms with E-state index in [0.717, 1.165) is 59.8 Å². The van der Waals surface area contributed by atoms with E-state index in [1.807, 2.05) is 36.4 Å². The fourth-order valence-corrected chi connectivity index (χ4v) is 6.73. The van der Waals surface area contributed by atoms with Crippen molar-refractivity contribution < 1.29 is 8.53 Å². The van der Waals surface area contributed by atoms with Crippen LogP contribution in [0.3, 0.4) is 0 Å². The fraction of sp³-hybridized carbons (Fsp3) is 0. The van der Waals surface area contributed by atoms with Gasteiger partial charge in [-0.25, -0.2) is 0 Å². The van der Waals surface area contributed by atoms with Gasteiger partial charge in [-0.1, -0.05) is 133 Å². The molecule has 1 heterocycles. The second kappa shape index (κ2) is 8.55. The van der Waals surface area contributed by atoms with E-state index in [1.165, 1.54) is 10.8 Å². The van der Waals surface area contributed by atoms with Crippen molar-refractivity contribution in [1.29, 1.82) is 0 Å². The predicted octanol–water partition coefficient (Wildman–Crippen LogP) is 11.5. The number of fused-ring (bicyclic) bond motifs is 8. The Morgan fingerprint density at radius 2 is 0.927 bits per heavy atom. The molecule has 0 bridgehead atoms. The fourth-order valence-electron chi connectivity index (χ4n) is 6.73. The molecular formula is C40H24O. The minimum Gasteiger partial charge on any atom is -0.456 e. The third-order valence-electron chi connectivity index (χ3n) is 8.43. The van der Waals surface area contributed by atoms with Crippen LogP contribution in [0.5, 0.6) is 0 Å². The molecule has 8 aromatic carbocycles. The van der Waals surface area contributed by atoms with E-state index in [1.54, 1.807) is 0 Å². The maximum absolute atomic E-state index is 9.40. The minimum atomic E-state index is -0.137. The summed E-state index contributed by atoms with van der Waals surface area (Å²) < 4.78 is 33.5. The van der Waals surface area contributed by atoms with Crippen molar-refractivity contribution >= 4 is 65.0 Å². The van der Waals surface area contributed by atoms with E-state index < -0.39 is 0 Å². The summed E-state index contributed by atoms with van der Waals surface area (Å²) in [5, 5.41) is 10.2. The lowest BCUT2D eigenvalue weighted by Crippen LogP contribution is -1.92. The lowest BCUT2D eigenvalue weighted by atomic mass is 9.84. The molecule has 190 valence electrons. The van der Waals surface area contributed by atoms with Gasteiger partial charge in [0, 0.05) is 10.8 Å². The van der Waals surface area contributed by atoms with Crippen LogP contribution in [0.15, 0.2) is 150 Å². The first-order valence-corrected chi connectivity index (χ1v) is 13.9. The maximum Gasteiger partial charge on any atom is 0.136 e. The molecule has 0 unspecified atom stereocenters. The van der Waals surface area contributed by atoms with Crippen LogP contribution in [0.2, 0.25) is 0 Å². The smallest absolute Gasteiger partial charge is 0.136 e. The van der Waals surface area contributed by atoms with Crippen LogP contribution >= 0.6 is 0 Å². The van der Waals surface area contributed by atoms with Crippen molar-refractivity contribution in [3.8, 4) is 22.3 Å². The first-order chi connectivity index (χ1) is 21.6. The van der Waals surface area contributed by atoms with E-state index in [-0.39, 0.29) is 18.1 Å². The Kier molecular flexibility index (Phi) is 4.09. The number of hydrogen-bond acceptors (Lipinski definition) is 1. The first-order valence-electron chi connectivity index (χ1n) is 15.4. The third-order valence-corrected chi connectivity index (χ3v) is 8.43. The highest BCUT2D eigenvalue weighted by Gasteiger charge is 2.21. The molecular weight excluding hydrogens is 496 g/mol. The second-order valence-corrected chi connectivity index (χ2v) is 10.6. The summed E-state index contributed by atoms with van der Waals surface area (Å²) in [6, 6.07) is 43.6. The highest BCUT2D eigenvalue weighted by Crippen LogP contribution is 2.48. The van der Waals surface area contributed by atoms with Gasteiger partial charge in [0.1, 0.15) is 11.2 Å². The van der Waals surface area contributed by atoms with Crippen LogP contribution in [-0.4, -0.2) is 0 Å². The molecule has 9 rings (SSSR count). The quantitative estimate of drug-likeness (QED) is 0.205. The molecule has 0 radical (unpaired) electrons. The van der Waals surface area contributed by atoms with E-state index in [2.05, 4.69) is 91.0 Å². The van der Waals surface area contributed by atoms with Gasteiger partial charge in [0.05, 0.1) is 4.11 Å². The number of rotatable bonds is 2. The van der Waals surface area contributed by atoms with Gasteiger partial charge < -0.3 is 4.42 Å². The Hall–Kier alpha value is -5.40. The van der Waals surface area contributed by atoms with Crippen LogP contribution in [0.1, 0.15) is 4.11 Å². The minimum absolute atomic E-state index is 0.0337. The Morgan fingerprint density at radius 1 is 0.390 bits per heavy atom. The Labute approximate surface area is 241 Å². The molecule has 0 N–H and O–H groups in total. The summed E-state index contributed by atoms with van der Waals surface area (Å²) in [5.74, 6) is 0.